The number of thiocarbonyl (C=S) groups is 1. The third-order valence-corrected chi connectivity index (χ3v) is 4.79. The highest BCUT2D eigenvalue weighted by Gasteiger charge is 2.21. The number of nitrogens with one attached hydrogen (secondary N) is 2. The summed E-state index contributed by atoms with van der Waals surface area (Å²) in [6.07, 6.45) is 5.08. The number of likely N-dealkylation sites (tertiary alicyclic amines) is 1. The van der Waals surface area contributed by atoms with Crippen molar-refractivity contribution in [3.8, 4) is 5.75 Å². The molecule has 0 atom stereocenters. The molecule has 0 aliphatic carbocycles. The van der Waals surface area contributed by atoms with E-state index in [0.29, 0.717) is 17.0 Å². The van der Waals surface area contributed by atoms with Crippen LogP contribution in [0.3, 0.4) is 0 Å². The molecule has 0 spiro atoms. The van der Waals surface area contributed by atoms with Gasteiger partial charge in [0.1, 0.15) is 5.75 Å². The third-order valence-electron chi connectivity index (χ3n) is 4.59. The van der Waals surface area contributed by atoms with Crippen molar-refractivity contribution < 1.29 is 14.3 Å². The van der Waals surface area contributed by atoms with Crippen LogP contribution in [0.2, 0.25) is 0 Å². The Balaban J connectivity index is 1.63. The molecular weight excluding hydrogens is 386 g/mol. The first kappa shape index (κ1) is 20.5. The van der Waals surface area contributed by atoms with E-state index in [1.54, 1.807) is 25.3 Å². The Morgan fingerprint density at radius 2 is 1.76 bits per heavy atom. The number of amides is 2. The summed E-state index contributed by atoms with van der Waals surface area (Å²) in [4.78, 5) is 26.8. The van der Waals surface area contributed by atoms with E-state index in [2.05, 4.69) is 10.6 Å². The predicted octanol–water partition coefficient (Wildman–Crippen LogP) is 3.46. The molecule has 0 aromatic heterocycles. The second kappa shape index (κ2) is 9.84. The number of anilines is 1. The highest BCUT2D eigenvalue weighted by atomic mass is 32.1. The summed E-state index contributed by atoms with van der Waals surface area (Å²) in [6, 6.07) is 14.5. The van der Waals surface area contributed by atoms with Crippen molar-refractivity contribution in [2.45, 2.75) is 12.8 Å². The standard InChI is InChI=1S/C22H23N3O3S/c1-28-19-11-5-2-8-16(19)12-13-20(26)24-22(29)23-18-10-4-3-9-17(18)21(27)25-14-6-7-15-25/h2-5,8-13H,6-7,14-15H2,1H3,(H2,23,24,26,29). The van der Waals surface area contributed by atoms with Gasteiger partial charge in [0.15, 0.2) is 5.11 Å². The Hall–Kier alpha value is -3.19. The van der Waals surface area contributed by atoms with Gasteiger partial charge in [-0.2, -0.15) is 0 Å². The van der Waals surface area contributed by atoms with Crippen LogP contribution in [0.5, 0.6) is 5.75 Å². The maximum absolute atomic E-state index is 12.7. The number of hydrogen-bond acceptors (Lipinski definition) is 4. The molecule has 1 aliphatic rings. The third kappa shape index (κ3) is 5.42. The van der Waals surface area contributed by atoms with E-state index in [1.165, 1.54) is 6.08 Å². The van der Waals surface area contributed by atoms with Gasteiger partial charge in [-0.15, -0.1) is 0 Å². The van der Waals surface area contributed by atoms with Gasteiger partial charge < -0.3 is 15.0 Å². The number of ether oxygens (including phenoxy) is 1. The van der Waals surface area contributed by atoms with E-state index in [4.69, 9.17) is 17.0 Å². The second-order valence-electron chi connectivity index (χ2n) is 6.56. The Morgan fingerprint density at radius 1 is 1.07 bits per heavy atom. The van der Waals surface area contributed by atoms with Crippen molar-refractivity contribution in [3.05, 3.63) is 65.7 Å². The second-order valence-corrected chi connectivity index (χ2v) is 6.97. The monoisotopic (exact) mass is 409 g/mol. The van der Waals surface area contributed by atoms with Crippen molar-refractivity contribution >= 4 is 40.9 Å². The molecule has 1 saturated heterocycles. The first-order chi connectivity index (χ1) is 14.1. The van der Waals surface area contributed by atoms with Gasteiger partial charge in [-0.25, -0.2) is 0 Å². The van der Waals surface area contributed by atoms with Gasteiger partial charge in [-0.05, 0) is 49.3 Å². The molecule has 7 heteroatoms. The summed E-state index contributed by atoms with van der Waals surface area (Å²) < 4.78 is 5.26. The first-order valence-corrected chi connectivity index (χ1v) is 9.80. The lowest BCUT2D eigenvalue weighted by molar-refractivity contribution is -0.115. The summed E-state index contributed by atoms with van der Waals surface area (Å²) in [5.74, 6) is 0.263. The summed E-state index contributed by atoms with van der Waals surface area (Å²) in [5.41, 5.74) is 1.89. The number of carbonyl (C=O) groups is 2. The van der Waals surface area contributed by atoms with E-state index in [9.17, 15) is 9.59 Å². The van der Waals surface area contributed by atoms with E-state index < -0.39 is 0 Å². The van der Waals surface area contributed by atoms with Crippen LogP contribution >= 0.6 is 12.2 Å². The zero-order valence-corrected chi connectivity index (χ0v) is 17.0. The lowest BCUT2D eigenvalue weighted by Crippen LogP contribution is -2.34. The molecular formula is C22H23N3O3S. The molecule has 0 bridgehead atoms. The Kier molecular flexibility index (Phi) is 6.97. The van der Waals surface area contributed by atoms with Crippen LogP contribution in [0.1, 0.15) is 28.8 Å². The predicted molar refractivity (Wildman–Crippen MR) is 118 cm³/mol. The Bertz CT molecular complexity index is 936. The zero-order valence-electron chi connectivity index (χ0n) is 16.2. The number of rotatable bonds is 5. The lowest BCUT2D eigenvalue weighted by atomic mass is 10.1. The topological polar surface area (TPSA) is 70.7 Å². The number of nitrogens with zero attached hydrogens (tertiary/aromatic N) is 1. The smallest absolute Gasteiger partial charge is 0.255 e. The van der Waals surface area contributed by atoms with Crippen molar-refractivity contribution in [2.24, 2.45) is 0 Å². The number of carbonyl (C=O) groups excluding carboxylic acids is 2. The van der Waals surface area contributed by atoms with Gasteiger partial charge in [-0.3, -0.25) is 14.9 Å². The molecule has 2 N–H and O–H groups in total. The Morgan fingerprint density at radius 3 is 2.52 bits per heavy atom. The highest BCUT2D eigenvalue weighted by Crippen LogP contribution is 2.20. The fourth-order valence-electron chi connectivity index (χ4n) is 3.15. The maximum Gasteiger partial charge on any atom is 0.255 e. The number of methoxy groups -OCH3 is 1. The van der Waals surface area contributed by atoms with Crippen LogP contribution < -0.4 is 15.4 Å². The van der Waals surface area contributed by atoms with E-state index >= 15 is 0 Å². The van der Waals surface area contributed by atoms with Crippen LogP contribution in [-0.2, 0) is 4.79 Å². The van der Waals surface area contributed by atoms with Crippen LogP contribution in [0.15, 0.2) is 54.6 Å². The minimum absolute atomic E-state index is 0.0317. The van der Waals surface area contributed by atoms with Gasteiger partial charge in [0.25, 0.3) is 5.91 Å². The fraction of sp³-hybridized carbons (Fsp3) is 0.227. The van der Waals surface area contributed by atoms with E-state index in [-0.39, 0.29) is 16.9 Å². The number of para-hydroxylation sites is 2. The zero-order chi connectivity index (χ0) is 20.6. The molecule has 3 rings (SSSR count). The summed E-state index contributed by atoms with van der Waals surface area (Å²) in [5, 5.41) is 5.69. The lowest BCUT2D eigenvalue weighted by Gasteiger charge is -2.18. The normalized spacial score (nSPS) is 13.3. The van der Waals surface area contributed by atoms with E-state index in [0.717, 1.165) is 31.5 Å². The van der Waals surface area contributed by atoms with Crippen LogP contribution in [0, 0.1) is 0 Å². The van der Waals surface area contributed by atoms with Crippen molar-refractivity contribution in [1.29, 1.82) is 0 Å². The van der Waals surface area contributed by atoms with Gasteiger partial charge >= 0.3 is 0 Å². The minimum atomic E-state index is -0.378. The molecule has 1 fully saturated rings. The quantitative estimate of drug-likeness (QED) is 0.585. The summed E-state index contributed by atoms with van der Waals surface area (Å²) in [7, 11) is 1.58. The molecule has 2 aromatic carbocycles. The maximum atomic E-state index is 12.7. The Labute approximate surface area is 175 Å². The van der Waals surface area contributed by atoms with Gasteiger partial charge in [0, 0.05) is 24.7 Å². The molecule has 6 nitrogen and oxygen atoms in total. The minimum Gasteiger partial charge on any atom is -0.496 e. The number of benzene rings is 2. The van der Waals surface area contributed by atoms with Crippen LogP contribution in [0.25, 0.3) is 6.08 Å². The van der Waals surface area contributed by atoms with Crippen molar-refractivity contribution in [1.82, 2.24) is 10.2 Å². The summed E-state index contributed by atoms with van der Waals surface area (Å²) >= 11 is 5.25. The molecule has 1 aliphatic heterocycles. The first-order valence-electron chi connectivity index (χ1n) is 9.40. The average Bonchev–Trinajstić information content (AvgIpc) is 3.27. The van der Waals surface area contributed by atoms with Crippen molar-refractivity contribution in [3.63, 3.8) is 0 Å². The SMILES string of the molecule is COc1ccccc1C=CC(=O)NC(=S)Nc1ccccc1C(=O)N1CCCC1. The van der Waals surface area contributed by atoms with Gasteiger partial charge in [-0.1, -0.05) is 30.3 Å². The molecule has 1 heterocycles. The highest BCUT2D eigenvalue weighted by molar-refractivity contribution is 7.80. The van der Waals surface area contributed by atoms with Crippen molar-refractivity contribution in [2.75, 3.05) is 25.5 Å². The average molecular weight is 410 g/mol. The molecule has 2 amide bonds. The molecule has 150 valence electrons. The van der Waals surface area contributed by atoms with Crippen LogP contribution in [-0.4, -0.2) is 42.0 Å². The molecule has 0 unspecified atom stereocenters. The number of hydrogen-bond donors (Lipinski definition) is 2. The van der Waals surface area contributed by atoms with Gasteiger partial charge in [0.05, 0.1) is 18.4 Å². The molecule has 0 saturated carbocycles. The fourth-order valence-corrected chi connectivity index (χ4v) is 3.36. The molecule has 29 heavy (non-hydrogen) atoms. The summed E-state index contributed by atoms with van der Waals surface area (Å²) in [6.45, 7) is 1.53. The molecule has 0 radical (unpaired) electrons. The molecule has 2 aromatic rings. The van der Waals surface area contributed by atoms with Gasteiger partial charge in [0.2, 0.25) is 5.91 Å². The largest absolute Gasteiger partial charge is 0.496 e. The van der Waals surface area contributed by atoms with Crippen LogP contribution in [0.4, 0.5) is 5.69 Å². The van der Waals surface area contributed by atoms with E-state index in [1.807, 2.05) is 41.3 Å².